The summed E-state index contributed by atoms with van der Waals surface area (Å²) in [5, 5.41) is 0. The average molecular weight is 221 g/mol. The number of Topliss-reactive ketones (excluding diaryl/α,β-unsaturated/α-hetero) is 1. The molecule has 3 aliphatic rings. The third kappa shape index (κ3) is 1.39. The lowest BCUT2D eigenvalue weighted by atomic mass is 10.0. The third-order valence-corrected chi connectivity index (χ3v) is 4.08. The Balaban J connectivity index is 1.64. The second kappa shape index (κ2) is 3.40. The van der Waals surface area contributed by atoms with Crippen LogP contribution < -0.4 is 0 Å². The molecule has 2 aliphatic carbocycles. The smallest absolute Gasteiger partial charge is 0.233 e. The molecule has 2 atom stereocenters. The zero-order valence-electron chi connectivity index (χ0n) is 9.15. The van der Waals surface area contributed by atoms with E-state index in [0.29, 0.717) is 6.42 Å². The van der Waals surface area contributed by atoms with Gasteiger partial charge in [0.2, 0.25) is 11.8 Å². The number of rotatable bonds is 3. The molecule has 86 valence electrons. The van der Waals surface area contributed by atoms with Crippen LogP contribution in [0.1, 0.15) is 32.1 Å². The van der Waals surface area contributed by atoms with E-state index in [1.165, 1.54) is 4.90 Å². The summed E-state index contributed by atoms with van der Waals surface area (Å²) in [6.45, 7) is 0.0370. The summed E-state index contributed by atoms with van der Waals surface area (Å²) in [5.41, 5.74) is 0. The summed E-state index contributed by atoms with van der Waals surface area (Å²) in [6.07, 6.45) is 4.78. The Hall–Kier alpha value is -1.19. The predicted octanol–water partition coefficient (Wildman–Crippen LogP) is 0.751. The largest absolute Gasteiger partial charge is 0.297 e. The van der Waals surface area contributed by atoms with Gasteiger partial charge in [0.25, 0.3) is 0 Å². The van der Waals surface area contributed by atoms with Gasteiger partial charge in [-0.15, -0.1) is 0 Å². The highest BCUT2D eigenvalue weighted by atomic mass is 16.2. The van der Waals surface area contributed by atoms with Crippen molar-refractivity contribution in [3.8, 4) is 0 Å². The number of carbonyl (C=O) groups excluding carboxylic acids is 3. The molecule has 0 aromatic heterocycles. The molecular formula is C12H15NO3. The molecule has 2 amide bonds. The summed E-state index contributed by atoms with van der Waals surface area (Å²) < 4.78 is 0. The number of hydrogen-bond donors (Lipinski definition) is 0. The number of hydrogen-bond acceptors (Lipinski definition) is 3. The molecule has 2 saturated carbocycles. The first-order valence-electron chi connectivity index (χ1n) is 6.06. The highest BCUT2D eigenvalue weighted by Gasteiger charge is 2.59. The molecule has 0 bridgehead atoms. The first kappa shape index (κ1) is 10.00. The van der Waals surface area contributed by atoms with Crippen LogP contribution in [0.2, 0.25) is 0 Å². The fourth-order valence-corrected chi connectivity index (χ4v) is 2.94. The highest BCUT2D eigenvalue weighted by Crippen LogP contribution is 2.47. The standard InChI is InChI=1S/C12H15NO3/c14-10(7-3-1-2-4-7)6-13-11(15)8-5-9(8)12(13)16/h7-9H,1-6H2. The molecule has 0 spiro atoms. The zero-order valence-corrected chi connectivity index (χ0v) is 9.15. The van der Waals surface area contributed by atoms with Crippen LogP contribution in [0.25, 0.3) is 0 Å². The van der Waals surface area contributed by atoms with Gasteiger partial charge in [0.1, 0.15) is 0 Å². The Kier molecular flexibility index (Phi) is 2.13. The van der Waals surface area contributed by atoms with Gasteiger partial charge in [0.15, 0.2) is 5.78 Å². The second-order valence-electron chi connectivity index (χ2n) is 5.16. The molecule has 0 aromatic carbocycles. The molecule has 0 radical (unpaired) electrons. The van der Waals surface area contributed by atoms with Gasteiger partial charge in [-0.05, 0) is 19.3 Å². The number of imide groups is 1. The molecule has 4 nitrogen and oxygen atoms in total. The first-order valence-corrected chi connectivity index (χ1v) is 6.06. The van der Waals surface area contributed by atoms with E-state index >= 15 is 0 Å². The summed E-state index contributed by atoms with van der Waals surface area (Å²) in [4.78, 5) is 36.4. The molecule has 3 fully saturated rings. The number of amides is 2. The normalized spacial score (nSPS) is 33.4. The lowest BCUT2D eigenvalue weighted by Gasteiger charge is -2.17. The van der Waals surface area contributed by atoms with Gasteiger partial charge in [0, 0.05) is 5.92 Å². The number of piperidine rings is 1. The van der Waals surface area contributed by atoms with Gasteiger partial charge < -0.3 is 0 Å². The van der Waals surface area contributed by atoms with Crippen molar-refractivity contribution in [2.75, 3.05) is 6.54 Å². The summed E-state index contributed by atoms with van der Waals surface area (Å²) in [6, 6.07) is 0. The molecular weight excluding hydrogens is 206 g/mol. The van der Waals surface area contributed by atoms with Crippen LogP contribution in [-0.2, 0) is 14.4 Å². The monoisotopic (exact) mass is 221 g/mol. The Morgan fingerprint density at radius 1 is 1.12 bits per heavy atom. The van der Waals surface area contributed by atoms with Crippen molar-refractivity contribution >= 4 is 17.6 Å². The number of fused-ring (bicyclic) bond motifs is 1. The van der Waals surface area contributed by atoms with Crippen LogP contribution in [0.5, 0.6) is 0 Å². The first-order chi connectivity index (χ1) is 7.68. The van der Waals surface area contributed by atoms with E-state index in [4.69, 9.17) is 0 Å². The zero-order chi connectivity index (χ0) is 11.3. The third-order valence-electron chi connectivity index (χ3n) is 4.08. The summed E-state index contributed by atoms with van der Waals surface area (Å²) >= 11 is 0. The maximum atomic E-state index is 11.9. The Morgan fingerprint density at radius 2 is 1.69 bits per heavy atom. The van der Waals surface area contributed by atoms with Gasteiger partial charge in [-0.1, -0.05) is 12.8 Å². The molecule has 1 aliphatic heterocycles. The number of ketones is 1. The van der Waals surface area contributed by atoms with Gasteiger partial charge in [-0.3, -0.25) is 19.3 Å². The highest BCUT2D eigenvalue weighted by molar-refractivity contribution is 6.10. The second-order valence-corrected chi connectivity index (χ2v) is 5.16. The molecule has 1 saturated heterocycles. The molecule has 0 N–H and O–H groups in total. The fourth-order valence-electron chi connectivity index (χ4n) is 2.94. The van der Waals surface area contributed by atoms with Crippen molar-refractivity contribution in [2.45, 2.75) is 32.1 Å². The minimum atomic E-state index is -0.110. The quantitative estimate of drug-likeness (QED) is 0.661. The Labute approximate surface area is 94.0 Å². The van der Waals surface area contributed by atoms with Crippen molar-refractivity contribution in [2.24, 2.45) is 17.8 Å². The molecule has 3 rings (SSSR count). The van der Waals surface area contributed by atoms with Crippen molar-refractivity contribution in [1.29, 1.82) is 0 Å². The van der Waals surface area contributed by atoms with E-state index in [9.17, 15) is 14.4 Å². The number of likely N-dealkylation sites (tertiary alicyclic amines) is 1. The Bertz CT molecular complexity index is 350. The van der Waals surface area contributed by atoms with Crippen molar-refractivity contribution in [3.05, 3.63) is 0 Å². The van der Waals surface area contributed by atoms with Crippen LogP contribution in [0.15, 0.2) is 0 Å². The summed E-state index contributed by atoms with van der Waals surface area (Å²) in [5.74, 6) is -0.200. The van der Waals surface area contributed by atoms with E-state index in [1.54, 1.807) is 0 Å². The van der Waals surface area contributed by atoms with Gasteiger partial charge in [-0.25, -0.2) is 0 Å². The Morgan fingerprint density at radius 3 is 2.25 bits per heavy atom. The van der Waals surface area contributed by atoms with Gasteiger partial charge in [0.05, 0.1) is 18.4 Å². The van der Waals surface area contributed by atoms with Gasteiger partial charge >= 0.3 is 0 Å². The van der Waals surface area contributed by atoms with E-state index < -0.39 is 0 Å². The molecule has 1 heterocycles. The van der Waals surface area contributed by atoms with Crippen LogP contribution in [0.4, 0.5) is 0 Å². The molecule has 16 heavy (non-hydrogen) atoms. The lowest BCUT2D eigenvalue weighted by molar-refractivity contribution is -0.145. The number of nitrogens with zero attached hydrogens (tertiary/aromatic N) is 1. The maximum Gasteiger partial charge on any atom is 0.233 e. The van der Waals surface area contributed by atoms with E-state index in [-0.39, 0.29) is 41.9 Å². The maximum absolute atomic E-state index is 11.9. The summed E-state index contributed by atoms with van der Waals surface area (Å²) in [7, 11) is 0. The molecule has 0 aromatic rings. The average Bonchev–Trinajstić information content (AvgIpc) is 2.81. The predicted molar refractivity (Wildman–Crippen MR) is 55.3 cm³/mol. The van der Waals surface area contributed by atoms with Crippen molar-refractivity contribution in [1.82, 2.24) is 4.90 Å². The SMILES string of the molecule is O=C(CN1C(=O)C2CC2C1=O)C1CCCC1. The van der Waals surface area contributed by atoms with E-state index in [2.05, 4.69) is 0 Å². The lowest BCUT2D eigenvalue weighted by Crippen LogP contribution is -2.39. The van der Waals surface area contributed by atoms with E-state index in [1.807, 2.05) is 0 Å². The van der Waals surface area contributed by atoms with Crippen LogP contribution in [-0.4, -0.2) is 29.0 Å². The molecule has 2 unspecified atom stereocenters. The van der Waals surface area contributed by atoms with Crippen LogP contribution >= 0.6 is 0 Å². The minimum absolute atomic E-state index is 0.0370. The number of carbonyl (C=O) groups is 3. The van der Waals surface area contributed by atoms with Gasteiger partial charge in [-0.2, -0.15) is 0 Å². The molecule has 4 heteroatoms. The van der Waals surface area contributed by atoms with Crippen molar-refractivity contribution < 1.29 is 14.4 Å². The fraction of sp³-hybridized carbons (Fsp3) is 0.750. The minimum Gasteiger partial charge on any atom is -0.297 e. The van der Waals surface area contributed by atoms with Crippen LogP contribution in [0, 0.1) is 17.8 Å². The topological polar surface area (TPSA) is 54.5 Å². The van der Waals surface area contributed by atoms with E-state index in [0.717, 1.165) is 25.7 Å². The van der Waals surface area contributed by atoms with Crippen molar-refractivity contribution in [3.63, 3.8) is 0 Å². The van der Waals surface area contributed by atoms with Crippen LogP contribution in [0.3, 0.4) is 0 Å².